The molecule has 0 amide bonds. The quantitative estimate of drug-likeness (QED) is 0.746. The third-order valence-electron chi connectivity index (χ3n) is 3.59. The smallest absolute Gasteiger partial charge is 0.119 e. The Morgan fingerprint density at radius 2 is 1.89 bits per heavy atom. The summed E-state index contributed by atoms with van der Waals surface area (Å²) in [4.78, 5) is 0. The minimum Gasteiger partial charge on any atom is -0.497 e. The Hall–Kier alpha value is -1.02. The summed E-state index contributed by atoms with van der Waals surface area (Å²) in [5.41, 5.74) is 1.34. The molecule has 0 saturated carbocycles. The van der Waals surface area contributed by atoms with Gasteiger partial charge in [-0.1, -0.05) is 45.7 Å². The van der Waals surface area contributed by atoms with E-state index in [0.717, 1.165) is 12.3 Å². The van der Waals surface area contributed by atoms with Crippen LogP contribution in [-0.4, -0.2) is 13.7 Å². The second-order valence-corrected chi connectivity index (χ2v) is 4.78. The highest BCUT2D eigenvalue weighted by molar-refractivity contribution is 5.30. The molecule has 0 bridgehead atoms. The van der Waals surface area contributed by atoms with Gasteiger partial charge in [-0.05, 0) is 36.6 Å². The fourth-order valence-corrected chi connectivity index (χ4v) is 2.45. The van der Waals surface area contributed by atoms with Gasteiger partial charge in [0, 0.05) is 6.04 Å². The molecule has 1 N–H and O–H groups in total. The maximum Gasteiger partial charge on any atom is 0.119 e. The zero-order chi connectivity index (χ0) is 13.4. The highest BCUT2D eigenvalue weighted by Crippen LogP contribution is 2.29. The second kappa shape index (κ2) is 8.15. The van der Waals surface area contributed by atoms with Crippen LogP contribution in [0, 0.1) is 5.92 Å². The molecule has 2 nitrogen and oxygen atoms in total. The van der Waals surface area contributed by atoms with Gasteiger partial charge in [-0.15, -0.1) is 0 Å². The van der Waals surface area contributed by atoms with Crippen LogP contribution in [0.1, 0.15) is 51.6 Å². The lowest BCUT2D eigenvalue weighted by atomic mass is 9.88. The van der Waals surface area contributed by atoms with Gasteiger partial charge in [0.25, 0.3) is 0 Å². The molecule has 2 heteroatoms. The minimum atomic E-state index is 0.440. The van der Waals surface area contributed by atoms with Crippen molar-refractivity contribution in [2.75, 3.05) is 13.7 Å². The maximum absolute atomic E-state index is 5.33. The largest absolute Gasteiger partial charge is 0.497 e. The van der Waals surface area contributed by atoms with Crippen LogP contribution < -0.4 is 10.1 Å². The molecule has 0 fully saturated rings. The molecule has 0 saturated heterocycles. The van der Waals surface area contributed by atoms with Crippen molar-refractivity contribution >= 4 is 0 Å². The fourth-order valence-electron chi connectivity index (χ4n) is 2.45. The Morgan fingerprint density at radius 3 is 2.44 bits per heavy atom. The monoisotopic (exact) mass is 249 g/mol. The standard InChI is InChI=1S/C16H27NO/c1-5-11-17-16(13(6-2)7-3)14-9-8-10-15(12-14)18-4/h8-10,12-13,16-17H,5-7,11H2,1-4H3. The summed E-state index contributed by atoms with van der Waals surface area (Å²) in [6, 6.07) is 8.89. The third-order valence-corrected chi connectivity index (χ3v) is 3.59. The van der Waals surface area contributed by atoms with Gasteiger partial charge in [-0.25, -0.2) is 0 Å². The Bertz CT molecular complexity index is 334. The van der Waals surface area contributed by atoms with Crippen molar-refractivity contribution in [3.8, 4) is 5.75 Å². The SMILES string of the molecule is CCCNC(c1cccc(OC)c1)C(CC)CC. The van der Waals surface area contributed by atoms with Crippen molar-refractivity contribution in [2.24, 2.45) is 5.92 Å². The van der Waals surface area contributed by atoms with Crippen LogP contribution in [-0.2, 0) is 0 Å². The van der Waals surface area contributed by atoms with Gasteiger partial charge in [-0.3, -0.25) is 0 Å². The van der Waals surface area contributed by atoms with Crippen LogP contribution in [0.5, 0.6) is 5.75 Å². The molecule has 0 aliphatic carbocycles. The molecule has 1 aromatic rings. The molecule has 1 atom stereocenters. The molecule has 1 unspecified atom stereocenters. The Labute approximate surface area is 112 Å². The van der Waals surface area contributed by atoms with Crippen molar-refractivity contribution in [1.29, 1.82) is 0 Å². The van der Waals surface area contributed by atoms with Crippen molar-refractivity contribution in [1.82, 2.24) is 5.32 Å². The summed E-state index contributed by atoms with van der Waals surface area (Å²) >= 11 is 0. The molecule has 0 spiro atoms. The molecule has 0 heterocycles. The van der Waals surface area contributed by atoms with E-state index in [9.17, 15) is 0 Å². The van der Waals surface area contributed by atoms with E-state index in [1.807, 2.05) is 6.07 Å². The molecule has 1 rings (SSSR count). The van der Waals surface area contributed by atoms with Crippen LogP contribution in [0.2, 0.25) is 0 Å². The summed E-state index contributed by atoms with van der Waals surface area (Å²) in [7, 11) is 1.73. The van der Waals surface area contributed by atoms with Gasteiger partial charge >= 0.3 is 0 Å². The van der Waals surface area contributed by atoms with Gasteiger partial charge in [0.05, 0.1) is 7.11 Å². The molecule has 102 valence electrons. The van der Waals surface area contributed by atoms with Gasteiger partial charge in [0.2, 0.25) is 0 Å². The van der Waals surface area contributed by atoms with E-state index in [2.05, 4.69) is 44.3 Å². The fraction of sp³-hybridized carbons (Fsp3) is 0.625. The first kappa shape index (κ1) is 15.0. The van der Waals surface area contributed by atoms with Crippen LogP contribution >= 0.6 is 0 Å². The molecular formula is C16H27NO. The van der Waals surface area contributed by atoms with Crippen LogP contribution in [0.25, 0.3) is 0 Å². The summed E-state index contributed by atoms with van der Waals surface area (Å²) < 4.78 is 5.33. The van der Waals surface area contributed by atoms with E-state index >= 15 is 0 Å². The first-order valence-electron chi connectivity index (χ1n) is 7.14. The summed E-state index contributed by atoms with van der Waals surface area (Å²) in [6.45, 7) is 7.82. The number of hydrogen-bond donors (Lipinski definition) is 1. The predicted molar refractivity (Wildman–Crippen MR) is 78.1 cm³/mol. The molecule has 18 heavy (non-hydrogen) atoms. The summed E-state index contributed by atoms with van der Waals surface area (Å²) in [5.74, 6) is 1.63. The Kier molecular flexibility index (Phi) is 6.81. The number of nitrogens with one attached hydrogen (secondary N) is 1. The third kappa shape index (κ3) is 4.02. The molecule has 0 aromatic heterocycles. The molecule has 0 aliphatic rings. The lowest BCUT2D eigenvalue weighted by Crippen LogP contribution is -2.28. The molecule has 0 aliphatic heterocycles. The maximum atomic E-state index is 5.33. The minimum absolute atomic E-state index is 0.440. The normalized spacial score (nSPS) is 12.7. The highest BCUT2D eigenvalue weighted by atomic mass is 16.5. The Morgan fingerprint density at radius 1 is 1.17 bits per heavy atom. The number of ether oxygens (including phenoxy) is 1. The van der Waals surface area contributed by atoms with E-state index in [-0.39, 0.29) is 0 Å². The highest BCUT2D eigenvalue weighted by Gasteiger charge is 2.19. The average Bonchev–Trinajstić information content (AvgIpc) is 2.43. The second-order valence-electron chi connectivity index (χ2n) is 4.78. The van der Waals surface area contributed by atoms with E-state index in [1.54, 1.807) is 7.11 Å². The molecule has 1 aromatic carbocycles. The number of methoxy groups -OCH3 is 1. The molecular weight excluding hydrogens is 222 g/mol. The van der Waals surface area contributed by atoms with Crippen LogP contribution in [0.4, 0.5) is 0 Å². The number of hydrogen-bond acceptors (Lipinski definition) is 2. The lowest BCUT2D eigenvalue weighted by molar-refractivity contribution is 0.339. The Balaban J connectivity index is 2.92. The predicted octanol–water partition coefficient (Wildman–Crippen LogP) is 4.17. The zero-order valence-electron chi connectivity index (χ0n) is 12.2. The summed E-state index contributed by atoms with van der Waals surface area (Å²) in [5, 5.41) is 3.68. The molecule has 0 radical (unpaired) electrons. The van der Waals surface area contributed by atoms with Gasteiger partial charge < -0.3 is 10.1 Å². The first-order chi connectivity index (χ1) is 8.76. The van der Waals surface area contributed by atoms with Crippen molar-refractivity contribution in [2.45, 2.75) is 46.1 Å². The average molecular weight is 249 g/mol. The van der Waals surface area contributed by atoms with E-state index in [4.69, 9.17) is 4.74 Å². The lowest BCUT2D eigenvalue weighted by Gasteiger charge is -2.27. The van der Waals surface area contributed by atoms with Crippen molar-refractivity contribution in [3.05, 3.63) is 29.8 Å². The van der Waals surface area contributed by atoms with Gasteiger partial charge in [0.1, 0.15) is 5.75 Å². The zero-order valence-corrected chi connectivity index (χ0v) is 12.2. The summed E-state index contributed by atoms with van der Waals surface area (Å²) in [6.07, 6.45) is 3.57. The van der Waals surface area contributed by atoms with Crippen LogP contribution in [0.15, 0.2) is 24.3 Å². The van der Waals surface area contributed by atoms with Crippen LogP contribution in [0.3, 0.4) is 0 Å². The van der Waals surface area contributed by atoms with Gasteiger partial charge in [0.15, 0.2) is 0 Å². The first-order valence-corrected chi connectivity index (χ1v) is 7.14. The van der Waals surface area contributed by atoms with E-state index in [1.165, 1.54) is 24.8 Å². The van der Waals surface area contributed by atoms with Crippen molar-refractivity contribution in [3.63, 3.8) is 0 Å². The van der Waals surface area contributed by atoms with E-state index < -0.39 is 0 Å². The van der Waals surface area contributed by atoms with Gasteiger partial charge in [-0.2, -0.15) is 0 Å². The van der Waals surface area contributed by atoms with E-state index in [0.29, 0.717) is 12.0 Å². The number of rotatable bonds is 8. The topological polar surface area (TPSA) is 21.3 Å². The number of benzene rings is 1. The van der Waals surface area contributed by atoms with Crippen molar-refractivity contribution < 1.29 is 4.74 Å².